The van der Waals surface area contributed by atoms with E-state index in [4.69, 9.17) is 4.74 Å². The Bertz CT molecular complexity index is 1020. The number of methoxy groups -OCH3 is 1. The fourth-order valence-electron chi connectivity index (χ4n) is 2.18. The summed E-state index contributed by atoms with van der Waals surface area (Å²) in [6, 6.07) is 8.00. The number of nitro benzene ring substituents is 1. The maximum Gasteiger partial charge on any atom is 1.00 e. The number of nitro groups is 1. The van der Waals surface area contributed by atoms with Gasteiger partial charge in [-0.2, -0.15) is 0 Å². The van der Waals surface area contributed by atoms with Crippen molar-refractivity contribution < 1.29 is 61.8 Å². The van der Waals surface area contributed by atoms with E-state index in [1.165, 1.54) is 31.4 Å². The molecule has 2 aromatic carbocycles. The van der Waals surface area contributed by atoms with Crippen LogP contribution in [-0.2, 0) is 14.9 Å². The molecule has 0 radical (unpaired) electrons. The maximum absolute atomic E-state index is 12.1. The summed E-state index contributed by atoms with van der Waals surface area (Å²) in [5, 5.41) is 13.0. The molecule has 0 aliphatic rings. The monoisotopic (exact) mass is 416 g/mol. The number of hydrogen-bond donors (Lipinski definition) is 1. The number of hydrogen-bond acceptors (Lipinski definition) is 8. The number of carbonyl (C=O) groups is 2. The Hall–Kier alpha value is -2.31. The molecule has 0 aliphatic heterocycles. The van der Waals surface area contributed by atoms with E-state index in [1.807, 2.05) is 0 Å². The molecule has 0 fully saturated rings. The summed E-state index contributed by atoms with van der Waals surface area (Å²) in [6.45, 7) is 0. The van der Waals surface area contributed by atoms with Gasteiger partial charge in [-0.1, -0.05) is 12.1 Å². The molecule has 1 N–H and O–H groups in total. The van der Waals surface area contributed by atoms with Gasteiger partial charge in [-0.05, 0) is 18.2 Å². The quantitative estimate of drug-likeness (QED) is 0.146. The predicted molar refractivity (Wildman–Crippen MR) is 91.6 cm³/mol. The minimum atomic E-state index is -4.75. The van der Waals surface area contributed by atoms with Gasteiger partial charge in [0, 0.05) is 17.7 Å². The SMILES string of the molecule is COc1ccc(S(=O)(=O)[O-])cc1NC(=O)CC(=O)c1cccc([N+](=O)[O-])c1.[Na+]. The van der Waals surface area contributed by atoms with Crippen molar-refractivity contribution in [3.05, 3.63) is 58.1 Å². The number of rotatable bonds is 7. The third-order valence-electron chi connectivity index (χ3n) is 3.43. The fraction of sp³-hybridized carbons (Fsp3) is 0.125. The van der Waals surface area contributed by atoms with Gasteiger partial charge in [-0.15, -0.1) is 0 Å². The smallest absolute Gasteiger partial charge is 0.744 e. The zero-order chi connectivity index (χ0) is 20.2. The Labute approximate surface area is 182 Å². The van der Waals surface area contributed by atoms with Crippen LogP contribution in [0.4, 0.5) is 11.4 Å². The molecule has 0 unspecified atom stereocenters. The first-order valence-corrected chi connectivity index (χ1v) is 8.74. The van der Waals surface area contributed by atoms with E-state index in [0.717, 1.165) is 18.2 Å². The van der Waals surface area contributed by atoms with E-state index in [9.17, 15) is 32.7 Å². The number of anilines is 1. The Kier molecular flexibility index (Phi) is 8.27. The molecule has 2 rings (SSSR count). The molecule has 0 atom stereocenters. The van der Waals surface area contributed by atoms with Gasteiger partial charge in [0.1, 0.15) is 15.9 Å². The number of ketones is 1. The van der Waals surface area contributed by atoms with Gasteiger partial charge in [0.25, 0.3) is 5.69 Å². The molecule has 0 saturated carbocycles. The molecule has 0 saturated heterocycles. The van der Waals surface area contributed by atoms with Crippen LogP contribution < -0.4 is 39.6 Å². The van der Waals surface area contributed by atoms with Crippen molar-refractivity contribution in [2.45, 2.75) is 11.3 Å². The normalized spacial score (nSPS) is 10.5. The minimum absolute atomic E-state index is 0. The van der Waals surface area contributed by atoms with Gasteiger partial charge in [-0.25, -0.2) is 8.42 Å². The van der Waals surface area contributed by atoms with Crippen LogP contribution in [0.25, 0.3) is 0 Å². The van der Waals surface area contributed by atoms with Crippen LogP contribution >= 0.6 is 0 Å². The molecule has 0 bridgehead atoms. The van der Waals surface area contributed by atoms with Crippen molar-refractivity contribution in [1.29, 1.82) is 0 Å². The molecule has 2 aromatic rings. The number of nitrogens with one attached hydrogen (secondary N) is 1. The molecule has 12 heteroatoms. The number of carbonyl (C=O) groups excluding carboxylic acids is 2. The molecule has 142 valence electrons. The van der Waals surface area contributed by atoms with Gasteiger partial charge in [0.05, 0.1) is 29.0 Å². The summed E-state index contributed by atoms with van der Waals surface area (Å²) in [6.07, 6.45) is -0.654. The van der Waals surface area contributed by atoms with E-state index in [0.29, 0.717) is 0 Å². The zero-order valence-electron chi connectivity index (χ0n) is 14.9. The maximum atomic E-state index is 12.1. The summed E-state index contributed by atoms with van der Waals surface area (Å²) >= 11 is 0. The molecule has 28 heavy (non-hydrogen) atoms. The van der Waals surface area contributed by atoms with E-state index in [2.05, 4.69) is 5.32 Å². The summed E-state index contributed by atoms with van der Waals surface area (Å²) < 4.78 is 38.3. The van der Waals surface area contributed by atoms with Crippen molar-refractivity contribution in [3.63, 3.8) is 0 Å². The van der Waals surface area contributed by atoms with Gasteiger partial charge in [-0.3, -0.25) is 19.7 Å². The Balaban J connectivity index is 0.00000392. The van der Waals surface area contributed by atoms with Crippen LogP contribution in [0.15, 0.2) is 47.4 Å². The number of benzene rings is 2. The second-order valence-corrected chi connectivity index (χ2v) is 6.65. The first-order valence-electron chi connectivity index (χ1n) is 7.33. The Morgan fingerprint density at radius 2 is 1.86 bits per heavy atom. The van der Waals surface area contributed by atoms with Crippen LogP contribution in [-0.4, -0.2) is 36.7 Å². The second-order valence-electron chi connectivity index (χ2n) is 5.27. The van der Waals surface area contributed by atoms with E-state index >= 15 is 0 Å². The van der Waals surface area contributed by atoms with Crippen molar-refractivity contribution in [2.24, 2.45) is 0 Å². The molecule has 0 heterocycles. The van der Waals surface area contributed by atoms with Gasteiger partial charge in [0.15, 0.2) is 5.78 Å². The topological polar surface area (TPSA) is 156 Å². The van der Waals surface area contributed by atoms with Crippen molar-refractivity contribution in [1.82, 2.24) is 0 Å². The molecule has 0 aromatic heterocycles. The Morgan fingerprint density at radius 1 is 1.18 bits per heavy atom. The van der Waals surface area contributed by atoms with Crippen molar-refractivity contribution in [2.75, 3.05) is 12.4 Å². The standard InChI is InChI=1S/C16H14N2O8S.Na/c1-26-15-6-5-12(27(23,24)25)8-13(15)17-16(20)9-14(19)10-3-2-4-11(7-10)18(21)22;/h2-8H,9H2,1H3,(H,17,20)(H,23,24,25);/q;+1/p-1. The first kappa shape index (κ1) is 23.7. The Morgan fingerprint density at radius 3 is 2.43 bits per heavy atom. The number of non-ortho nitro benzene ring substituents is 1. The summed E-state index contributed by atoms with van der Waals surface area (Å²) in [5.41, 5.74) is -0.426. The van der Waals surface area contributed by atoms with Crippen LogP contribution in [0, 0.1) is 10.1 Å². The van der Waals surface area contributed by atoms with Crippen LogP contribution in [0.2, 0.25) is 0 Å². The van der Waals surface area contributed by atoms with Crippen LogP contribution in [0.5, 0.6) is 5.75 Å². The minimum Gasteiger partial charge on any atom is -0.744 e. The van der Waals surface area contributed by atoms with Gasteiger partial charge < -0.3 is 14.6 Å². The van der Waals surface area contributed by atoms with Gasteiger partial charge >= 0.3 is 29.6 Å². The number of amides is 1. The number of Topliss-reactive ketones (excluding diaryl/α,β-unsaturated/α-hetero) is 1. The summed E-state index contributed by atoms with van der Waals surface area (Å²) in [7, 11) is -3.48. The largest absolute Gasteiger partial charge is 1.00 e. The third kappa shape index (κ3) is 6.11. The average molecular weight is 416 g/mol. The number of nitrogens with zero attached hydrogens (tertiary/aromatic N) is 1. The zero-order valence-corrected chi connectivity index (χ0v) is 17.7. The second kappa shape index (κ2) is 9.75. The van der Waals surface area contributed by atoms with E-state index in [1.54, 1.807) is 0 Å². The summed E-state index contributed by atoms with van der Waals surface area (Å²) in [4.78, 5) is 33.7. The average Bonchev–Trinajstić information content (AvgIpc) is 2.60. The third-order valence-corrected chi connectivity index (χ3v) is 4.27. The predicted octanol–water partition coefficient (Wildman–Crippen LogP) is -1.28. The van der Waals surface area contributed by atoms with Gasteiger partial charge in [0.2, 0.25) is 5.91 Å². The molecular weight excluding hydrogens is 403 g/mol. The van der Waals surface area contributed by atoms with E-state index < -0.39 is 38.0 Å². The first-order chi connectivity index (χ1) is 12.6. The number of ether oxygens (including phenoxy) is 1. The van der Waals surface area contributed by atoms with Crippen LogP contribution in [0.1, 0.15) is 16.8 Å². The molecule has 1 amide bonds. The van der Waals surface area contributed by atoms with Crippen molar-refractivity contribution >= 4 is 33.2 Å². The molecule has 0 aliphatic carbocycles. The molecular formula is C16H13N2NaO8S. The molecule has 10 nitrogen and oxygen atoms in total. The fourth-order valence-corrected chi connectivity index (χ4v) is 2.67. The van der Waals surface area contributed by atoms with Crippen molar-refractivity contribution in [3.8, 4) is 5.75 Å². The van der Waals surface area contributed by atoms with E-state index in [-0.39, 0.29) is 52.2 Å². The molecule has 0 spiro atoms. The summed E-state index contributed by atoms with van der Waals surface area (Å²) in [5.74, 6) is -1.41. The van der Waals surface area contributed by atoms with Crippen LogP contribution in [0.3, 0.4) is 0 Å².